The van der Waals surface area contributed by atoms with Crippen LogP contribution in [0, 0.1) is 0 Å². The Morgan fingerprint density at radius 3 is 2.62 bits per heavy atom. The van der Waals surface area contributed by atoms with Crippen molar-refractivity contribution in [1.29, 1.82) is 0 Å². The zero-order chi connectivity index (χ0) is 6.41. The van der Waals surface area contributed by atoms with Gasteiger partial charge in [-0.05, 0) is 12.8 Å². The van der Waals surface area contributed by atoms with E-state index in [9.17, 15) is 0 Å². The first-order valence-electron chi connectivity index (χ1n) is 2.75. The number of hydrogen-bond acceptors (Lipinski definition) is 2. The quantitative estimate of drug-likeness (QED) is 0.549. The van der Waals surface area contributed by atoms with Gasteiger partial charge in [-0.2, -0.15) is 0 Å². The molecule has 1 unspecified atom stereocenters. The maximum atomic E-state index is 8.81. The minimum Gasteiger partial charge on any atom is -0.392 e. The van der Waals surface area contributed by atoms with Crippen LogP contribution in [-0.4, -0.2) is 23.6 Å². The fraction of sp³-hybridized carbons (Fsp3) is 1.00. The molecule has 3 heteroatoms. The lowest BCUT2D eigenvalue weighted by molar-refractivity contribution is 0.172. The van der Waals surface area contributed by atoms with Gasteiger partial charge in [0.2, 0.25) is 0 Å². The molecule has 3 N–H and O–H groups in total. The van der Waals surface area contributed by atoms with E-state index >= 15 is 0 Å². The van der Waals surface area contributed by atoms with Gasteiger partial charge in [-0.1, -0.05) is 0 Å². The molecule has 1 atom stereocenters. The van der Waals surface area contributed by atoms with Gasteiger partial charge in [0, 0.05) is 12.4 Å². The van der Waals surface area contributed by atoms with E-state index < -0.39 is 0 Å². The van der Waals surface area contributed by atoms with Crippen LogP contribution >= 0.6 is 11.6 Å². The number of aliphatic hydroxyl groups excluding tert-OH is 1. The van der Waals surface area contributed by atoms with Crippen LogP contribution in [0.25, 0.3) is 0 Å². The van der Waals surface area contributed by atoms with Gasteiger partial charge in [-0.25, -0.2) is 0 Å². The van der Waals surface area contributed by atoms with E-state index in [0.717, 1.165) is 12.8 Å². The minimum atomic E-state index is -0.353. The summed E-state index contributed by atoms with van der Waals surface area (Å²) in [4.78, 5) is 0. The molecule has 0 aliphatic heterocycles. The van der Waals surface area contributed by atoms with Crippen LogP contribution in [0.1, 0.15) is 12.8 Å². The summed E-state index contributed by atoms with van der Waals surface area (Å²) in [6, 6.07) is 0. The standard InChI is InChI=1S/C5H12ClNO/c6-3-1-2-5(8)4-7/h5,8H,1-4,7H2. The van der Waals surface area contributed by atoms with Crippen molar-refractivity contribution in [1.82, 2.24) is 0 Å². The van der Waals surface area contributed by atoms with E-state index in [1.54, 1.807) is 0 Å². The van der Waals surface area contributed by atoms with Gasteiger partial charge in [0.25, 0.3) is 0 Å². The summed E-state index contributed by atoms with van der Waals surface area (Å²) >= 11 is 5.35. The Bertz CT molecular complexity index is 51.7. The molecule has 0 spiro atoms. The number of hydrogen-bond donors (Lipinski definition) is 2. The zero-order valence-corrected chi connectivity index (χ0v) is 5.56. The van der Waals surface area contributed by atoms with Crippen LogP contribution in [0.2, 0.25) is 0 Å². The zero-order valence-electron chi connectivity index (χ0n) is 4.81. The third kappa shape index (κ3) is 4.37. The molecule has 0 amide bonds. The topological polar surface area (TPSA) is 46.2 Å². The summed E-state index contributed by atoms with van der Waals surface area (Å²) in [6.07, 6.45) is 1.22. The number of nitrogens with two attached hydrogens (primary N) is 1. The molecule has 0 rings (SSSR count). The third-order valence-corrected chi connectivity index (χ3v) is 1.21. The lowest BCUT2D eigenvalue weighted by Gasteiger charge is -2.03. The molecule has 0 aliphatic rings. The average molecular weight is 138 g/mol. The van der Waals surface area contributed by atoms with Gasteiger partial charge in [-0.15, -0.1) is 11.6 Å². The molecule has 50 valence electrons. The summed E-state index contributed by atoms with van der Waals surface area (Å²) in [6.45, 7) is 0.344. The van der Waals surface area contributed by atoms with E-state index in [4.69, 9.17) is 22.4 Å². The Morgan fingerprint density at radius 1 is 1.62 bits per heavy atom. The van der Waals surface area contributed by atoms with Crippen LogP contribution in [0.15, 0.2) is 0 Å². The molecule has 0 heterocycles. The second-order valence-electron chi connectivity index (χ2n) is 1.72. The number of halogens is 1. The monoisotopic (exact) mass is 137 g/mol. The van der Waals surface area contributed by atoms with Crippen LogP contribution in [0.5, 0.6) is 0 Å². The summed E-state index contributed by atoms with van der Waals surface area (Å²) in [5.41, 5.74) is 5.12. The van der Waals surface area contributed by atoms with Gasteiger partial charge in [0.15, 0.2) is 0 Å². The predicted octanol–water partition coefficient (Wildman–Crippen LogP) is 0.325. The van der Waals surface area contributed by atoms with Gasteiger partial charge < -0.3 is 10.8 Å². The first-order chi connectivity index (χ1) is 3.81. The molecule has 0 bridgehead atoms. The Labute approximate surface area is 54.6 Å². The maximum Gasteiger partial charge on any atom is 0.0662 e. The second kappa shape index (κ2) is 5.35. The van der Waals surface area contributed by atoms with Gasteiger partial charge in [0.1, 0.15) is 0 Å². The predicted molar refractivity (Wildman–Crippen MR) is 35.0 cm³/mol. The Morgan fingerprint density at radius 2 is 2.25 bits per heavy atom. The highest BCUT2D eigenvalue weighted by molar-refractivity contribution is 6.17. The van der Waals surface area contributed by atoms with Crippen LogP contribution in [0.4, 0.5) is 0 Å². The van der Waals surface area contributed by atoms with Crippen LogP contribution in [0.3, 0.4) is 0 Å². The first kappa shape index (κ1) is 8.21. The van der Waals surface area contributed by atoms with Crippen molar-refractivity contribution in [3.8, 4) is 0 Å². The molecule has 0 radical (unpaired) electrons. The van der Waals surface area contributed by atoms with Crippen molar-refractivity contribution in [2.24, 2.45) is 5.73 Å². The SMILES string of the molecule is NCC(O)CCCCl. The maximum absolute atomic E-state index is 8.81. The second-order valence-corrected chi connectivity index (χ2v) is 2.10. The molecular formula is C5H12ClNO. The van der Waals surface area contributed by atoms with Crippen LogP contribution < -0.4 is 5.73 Å². The molecule has 0 aromatic heterocycles. The minimum absolute atomic E-state index is 0.344. The van der Waals surface area contributed by atoms with E-state index in [0.29, 0.717) is 12.4 Å². The normalized spacial score (nSPS) is 13.9. The lowest BCUT2D eigenvalue weighted by Crippen LogP contribution is -2.19. The highest BCUT2D eigenvalue weighted by Crippen LogP contribution is 1.95. The van der Waals surface area contributed by atoms with Crippen molar-refractivity contribution < 1.29 is 5.11 Å². The largest absolute Gasteiger partial charge is 0.392 e. The number of rotatable bonds is 4. The van der Waals surface area contributed by atoms with E-state index in [-0.39, 0.29) is 6.10 Å². The van der Waals surface area contributed by atoms with Crippen molar-refractivity contribution in [2.45, 2.75) is 18.9 Å². The molecular weight excluding hydrogens is 126 g/mol. The highest BCUT2D eigenvalue weighted by atomic mass is 35.5. The van der Waals surface area contributed by atoms with E-state index in [2.05, 4.69) is 0 Å². The average Bonchev–Trinajstić information content (AvgIpc) is 1.83. The van der Waals surface area contributed by atoms with Crippen molar-refractivity contribution in [3.63, 3.8) is 0 Å². The van der Waals surface area contributed by atoms with Gasteiger partial charge in [0.05, 0.1) is 6.10 Å². The third-order valence-electron chi connectivity index (χ3n) is 0.943. The van der Waals surface area contributed by atoms with E-state index in [1.165, 1.54) is 0 Å². The molecule has 0 saturated heterocycles. The summed E-state index contributed by atoms with van der Waals surface area (Å²) in [5, 5.41) is 8.81. The molecule has 0 fully saturated rings. The smallest absolute Gasteiger partial charge is 0.0662 e. The molecule has 2 nitrogen and oxygen atoms in total. The molecule has 8 heavy (non-hydrogen) atoms. The fourth-order valence-electron chi connectivity index (χ4n) is 0.431. The Kier molecular flexibility index (Phi) is 5.49. The Hall–Kier alpha value is 0.210. The highest BCUT2D eigenvalue weighted by Gasteiger charge is 1.97. The molecule has 0 saturated carbocycles. The number of aliphatic hydroxyl groups is 1. The summed E-state index contributed by atoms with van der Waals surface area (Å²) in [7, 11) is 0. The summed E-state index contributed by atoms with van der Waals surface area (Å²) < 4.78 is 0. The van der Waals surface area contributed by atoms with Crippen molar-refractivity contribution in [3.05, 3.63) is 0 Å². The van der Waals surface area contributed by atoms with E-state index in [1.807, 2.05) is 0 Å². The fourth-order valence-corrected chi connectivity index (χ4v) is 0.585. The Balaban J connectivity index is 2.86. The lowest BCUT2D eigenvalue weighted by atomic mass is 10.2. The molecule has 0 aromatic rings. The molecule has 0 aromatic carbocycles. The number of alkyl halides is 1. The molecule has 0 aliphatic carbocycles. The van der Waals surface area contributed by atoms with Crippen molar-refractivity contribution >= 4 is 11.6 Å². The summed E-state index contributed by atoms with van der Waals surface area (Å²) in [5.74, 6) is 0.608. The van der Waals surface area contributed by atoms with Crippen molar-refractivity contribution in [2.75, 3.05) is 12.4 Å². The van der Waals surface area contributed by atoms with Crippen LogP contribution in [-0.2, 0) is 0 Å². The van der Waals surface area contributed by atoms with Gasteiger partial charge in [-0.3, -0.25) is 0 Å². The first-order valence-corrected chi connectivity index (χ1v) is 3.28. The van der Waals surface area contributed by atoms with Gasteiger partial charge >= 0.3 is 0 Å².